The maximum Gasteiger partial charge on any atom is 0.160 e. The average molecular weight is 308 g/mol. The van der Waals surface area contributed by atoms with Crippen LogP contribution in [-0.2, 0) is 6.42 Å². The van der Waals surface area contributed by atoms with Crippen LogP contribution in [0.2, 0.25) is 0 Å². The van der Waals surface area contributed by atoms with Crippen molar-refractivity contribution in [3.05, 3.63) is 23.8 Å². The van der Waals surface area contributed by atoms with Crippen LogP contribution in [0.5, 0.6) is 0 Å². The molecule has 0 fully saturated rings. The molecule has 1 rings (SSSR count). The summed E-state index contributed by atoms with van der Waals surface area (Å²) in [5, 5.41) is 45.2. The Morgan fingerprint density at radius 2 is 1.62 bits per heavy atom. The summed E-state index contributed by atoms with van der Waals surface area (Å²) in [7, 11) is 0. The number of aliphatic hydroxyl groups is 5. The van der Waals surface area contributed by atoms with E-state index in [0.29, 0.717) is 0 Å². The van der Waals surface area contributed by atoms with E-state index in [1.807, 2.05) is 0 Å². The molecule has 0 unspecified atom stereocenters. The van der Waals surface area contributed by atoms with Crippen LogP contribution in [0.3, 0.4) is 0 Å². The summed E-state index contributed by atoms with van der Waals surface area (Å²) in [4.78, 5) is 7.46. The normalized spacial score (nSPS) is 18.8. The Morgan fingerprint density at radius 3 is 2.19 bits per heavy atom. The van der Waals surface area contributed by atoms with Gasteiger partial charge in [0.05, 0.1) is 30.8 Å². The van der Waals surface area contributed by atoms with Gasteiger partial charge in [-0.2, -0.15) is 0 Å². The molecule has 1 heterocycles. The molecule has 0 aliphatic heterocycles. The zero-order chi connectivity index (χ0) is 16.0. The lowest BCUT2D eigenvalue weighted by atomic mass is 10.1. The van der Waals surface area contributed by atoms with E-state index in [1.165, 1.54) is 6.20 Å². The van der Waals surface area contributed by atoms with Gasteiger partial charge in [-0.15, -0.1) is 0 Å². The summed E-state index contributed by atoms with van der Waals surface area (Å²) in [6.45, 7) is -1.63. The molecule has 5 N–H and O–H groups in total. The van der Waals surface area contributed by atoms with Crippen molar-refractivity contribution in [2.24, 2.45) is 0 Å². The van der Waals surface area contributed by atoms with E-state index < -0.39 is 43.9 Å². The minimum atomic E-state index is -2.18. The standard InChI is InChI=1S/C12H18F2N2O5/c13-7(9(19)4-17)1-6-2-15-3-8(16-6)12(21)11(14)10(20)5-18/h2-3,7,9-12,17-21H,1,4-5H2/t7-,9+,10+,11+,12+/m0/s1. The largest absolute Gasteiger partial charge is 0.394 e. The van der Waals surface area contributed by atoms with Gasteiger partial charge in [0.25, 0.3) is 0 Å². The van der Waals surface area contributed by atoms with Gasteiger partial charge in [0.15, 0.2) is 6.17 Å². The Kier molecular flexibility index (Phi) is 6.99. The van der Waals surface area contributed by atoms with Crippen LogP contribution < -0.4 is 0 Å². The molecule has 9 heteroatoms. The minimum absolute atomic E-state index is 0.0391. The SMILES string of the molecule is OC[C@@H](O)[C@@H](F)[C@H](O)c1cncc(C[C@H](F)[C@H](O)CO)n1. The molecule has 7 nitrogen and oxygen atoms in total. The van der Waals surface area contributed by atoms with E-state index in [9.17, 15) is 13.9 Å². The van der Waals surface area contributed by atoms with Crippen molar-refractivity contribution in [3.8, 4) is 0 Å². The molecule has 0 saturated carbocycles. The highest BCUT2D eigenvalue weighted by Gasteiger charge is 2.29. The van der Waals surface area contributed by atoms with Crippen LogP contribution >= 0.6 is 0 Å². The van der Waals surface area contributed by atoms with Crippen molar-refractivity contribution in [2.45, 2.75) is 37.1 Å². The molecule has 0 aliphatic carbocycles. The molecule has 0 aliphatic rings. The van der Waals surface area contributed by atoms with Gasteiger partial charge in [0.2, 0.25) is 0 Å². The summed E-state index contributed by atoms with van der Waals surface area (Å²) in [6.07, 6.45) is -7.33. The fourth-order valence-electron chi connectivity index (χ4n) is 1.59. The monoisotopic (exact) mass is 308 g/mol. The lowest BCUT2D eigenvalue weighted by Crippen LogP contribution is -2.32. The number of nitrogens with zero attached hydrogens (tertiary/aromatic N) is 2. The Balaban J connectivity index is 2.80. The maximum absolute atomic E-state index is 13.6. The summed E-state index contributed by atoms with van der Waals surface area (Å²) in [5.74, 6) is 0. The first kappa shape index (κ1) is 17.8. The fourth-order valence-corrected chi connectivity index (χ4v) is 1.59. The first-order valence-corrected chi connectivity index (χ1v) is 6.25. The Bertz CT molecular complexity index is 440. The molecule has 0 radical (unpaired) electrons. The summed E-state index contributed by atoms with van der Waals surface area (Å²) >= 11 is 0. The molecule has 5 atom stereocenters. The highest BCUT2D eigenvalue weighted by molar-refractivity contribution is 5.09. The predicted molar refractivity (Wildman–Crippen MR) is 66.7 cm³/mol. The topological polar surface area (TPSA) is 127 Å². The lowest BCUT2D eigenvalue weighted by molar-refractivity contribution is -0.0368. The molecular weight excluding hydrogens is 290 g/mol. The van der Waals surface area contributed by atoms with Crippen LogP contribution in [0, 0.1) is 0 Å². The smallest absolute Gasteiger partial charge is 0.160 e. The second-order valence-electron chi connectivity index (χ2n) is 4.54. The third-order valence-electron chi connectivity index (χ3n) is 2.87. The van der Waals surface area contributed by atoms with Crippen LogP contribution in [0.15, 0.2) is 12.4 Å². The van der Waals surface area contributed by atoms with E-state index in [1.54, 1.807) is 0 Å². The molecule has 120 valence electrons. The number of hydrogen-bond donors (Lipinski definition) is 5. The van der Waals surface area contributed by atoms with Gasteiger partial charge >= 0.3 is 0 Å². The number of rotatable bonds is 8. The fraction of sp³-hybridized carbons (Fsp3) is 0.667. The molecule has 21 heavy (non-hydrogen) atoms. The Hall–Kier alpha value is -1.26. The van der Waals surface area contributed by atoms with Gasteiger partial charge in [-0.05, 0) is 0 Å². The highest BCUT2D eigenvalue weighted by Crippen LogP contribution is 2.20. The second kappa shape index (κ2) is 8.25. The number of alkyl halides is 2. The van der Waals surface area contributed by atoms with E-state index in [0.717, 1.165) is 6.20 Å². The van der Waals surface area contributed by atoms with E-state index >= 15 is 0 Å². The summed E-state index contributed by atoms with van der Waals surface area (Å²) < 4.78 is 27.0. The van der Waals surface area contributed by atoms with Gasteiger partial charge < -0.3 is 25.5 Å². The molecule has 1 aromatic rings. The molecule has 0 saturated heterocycles. The molecule has 0 spiro atoms. The molecule has 0 bridgehead atoms. The summed E-state index contributed by atoms with van der Waals surface area (Å²) in [5.41, 5.74) is -0.199. The van der Waals surface area contributed by atoms with Gasteiger partial charge in [0, 0.05) is 12.6 Å². The Morgan fingerprint density at radius 1 is 1.00 bits per heavy atom. The third-order valence-corrected chi connectivity index (χ3v) is 2.87. The van der Waals surface area contributed by atoms with Crippen molar-refractivity contribution in [1.29, 1.82) is 0 Å². The summed E-state index contributed by atoms with van der Waals surface area (Å²) in [6, 6.07) is 0. The van der Waals surface area contributed by atoms with E-state index in [2.05, 4.69) is 9.97 Å². The van der Waals surface area contributed by atoms with Crippen molar-refractivity contribution < 1.29 is 34.3 Å². The first-order valence-electron chi connectivity index (χ1n) is 6.25. The number of halogens is 2. The quantitative estimate of drug-likeness (QED) is 0.393. The van der Waals surface area contributed by atoms with Crippen LogP contribution in [0.4, 0.5) is 8.78 Å². The van der Waals surface area contributed by atoms with Crippen molar-refractivity contribution >= 4 is 0 Å². The van der Waals surface area contributed by atoms with Gasteiger partial charge in [0.1, 0.15) is 24.5 Å². The number of aliphatic hydroxyl groups excluding tert-OH is 5. The van der Waals surface area contributed by atoms with E-state index in [4.69, 9.17) is 20.4 Å². The average Bonchev–Trinajstić information content (AvgIpc) is 2.51. The molecular formula is C12H18F2N2O5. The zero-order valence-corrected chi connectivity index (χ0v) is 11.0. The number of aromatic nitrogens is 2. The van der Waals surface area contributed by atoms with Crippen molar-refractivity contribution in [1.82, 2.24) is 9.97 Å². The van der Waals surface area contributed by atoms with Gasteiger partial charge in [-0.3, -0.25) is 9.97 Å². The molecule has 0 amide bonds. The molecule has 1 aromatic heterocycles. The molecule has 0 aromatic carbocycles. The maximum atomic E-state index is 13.6. The van der Waals surface area contributed by atoms with E-state index in [-0.39, 0.29) is 17.8 Å². The van der Waals surface area contributed by atoms with Crippen molar-refractivity contribution in [3.63, 3.8) is 0 Å². The highest BCUT2D eigenvalue weighted by atomic mass is 19.1. The number of hydrogen-bond acceptors (Lipinski definition) is 7. The lowest BCUT2D eigenvalue weighted by Gasteiger charge is -2.19. The van der Waals surface area contributed by atoms with Gasteiger partial charge in [-0.25, -0.2) is 8.78 Å². The third kappa shape index (κ3) is 4.90. The predicted octanol–water partition coefficient (Wildman–Crippen LogP) is -1.56. The second-order valence-corrected chi connectivity index (χ2v) is 4.54. The van der Waals surface area contributed by atoms with Crippen LogP contribution in [-0.4, -0.2) is 73.3 Å². The zero-order valence-electron chi connectivity index (χ0n) is 11.0. The first-order chi connectivity index (χ1) is 9.90. The Labute approximate surface area is 119 Å². The van der Waals surface area contributed by atoms with Gasteiger partial charge in [-0.1, -0.05) is 0 Å². The minimum Gasteiger partial charge on any atom is -0.394 e. The van der Waals surface area contributed by atoms with Crippen LogP contribution in [0.25, 0.3) is 0 Å². The van der Waals surface area contributed by atoms with Crippen molar-refractivity contribution in [2.75, 3.05) is 13.2 Å². The van der Waals surface area contributed by atoms with Crippen LogP contribution in [0.1, 0.15) is 17.5 Å².